The van der Waals surface area contributed by atoms with Crippen LogP contribution in [0.15, 0.2) is 0 Å². The summed E-state index contributed by atoms with van der Waals surface area (Å²) in [6.07, 6.45) is 5.88. The molecule has 0 N–H and O–H groups in total. The number of nitrogens with zero attached hydrogens (tertiary/aromatic N) is 4. The number of imide groups is 3. The predicted octanol–water partition coefficient (Wildman–Crippen LogP) is 4.04. The highest BCUT2D eigenvalue weighted by molar-refractivity contribution is 6.76. The summed E-state index contributed by atoms with van der Waals surface area (Å²) in [5, 5.41) is 0. The Morgan fingerprint density at radius 1 is 0.927 bits per heavy atom. The minimum Gasteiger partial charge on any atom is -0.382 e. The van der Waals surface area contributed by atoms with Crippen molar-refractivity contribution in [1.29, 1.82) is 0 Å². The number of amides is 7. The van der Waals surface area contributed by atoms with E-state index in [4.69, 9.17) is 9.47 Å². The number of carbonyl (C=O) groups excluding carboxylic acids is 5. The van der Waals surface area contributed by atoms with E-state index in [-0.39, 0.29) is 49.2 Å². The number of urea groups is 2. The van der Waals surface area contributed by atoms with E-state index in [0.717, 1.165) is 44.6 Å². The molecule has 0 unspecified atom stereocenters. The van der Waals surface area contributed by atoms with Crippen molar-refractivity contribution in [2.24, 2.45) is 5.41 Å². The van der Waals surface area contributed by atoms with Crippen LogP contribution in [0.5, 0.6) is 0 Å². The van der Waals surface area contributed by atoms with Crippen LogP contribution in [0.3, 0.4) is 0 Å². The van der Waals surface area contributed by atoms with E-state index >= 15 is 0 Å². The van der Waals surface area contributed by atoms with E-state index in [9.17, 15) is 24.0 Å². The Morgan fingerprint density at radius 3 is 2.17 bits per heavy atom. The topological polar surface area (TPSA) is 117 Å². The molecule has 4 fully saturated rings. The quantitative estimate of drug-likeness (QED) is 0.145. The van der Waals surface area contributed by atoms with Gasteiger partial charge in [0.2, 0.25) is 11.8 Å². The van der Waals surface area contributed by atoms with Crippen LogP contribution in [0.25, 0.3) is 0 Å². The lowest BCUT2D eigenvalue weighted by atomic mass is 9.57. The summed E-state index contributed by atoms with van der Waals surface area (Å²) in [5.41, 5.74) is -1.07. The largest absolute Gasteiger partial charge is 0.382 e. The zero-order chi connectivity index (χ0) is 30.2. The number of hydrogen-bond donors (Lipinski definition) is 0. The zero-order valence-corrected chi connectivity index (χ0v) is 26.7. The van der Waals surface area contributed by atoms with Gasteiger partial charge in [0.05, 0.1) is 6.61 Å². The lowest BCUT2D eigenvalue weighted by Gasteiger charge is -2.56. The molecular weight excluding hydrogens is 544 g/mol. The van der Waals surface area contributed by atoms with Crippen LogP contribution in [-0.4, -0.2) is 109 Å². The molecule has 1 spiro atoms. The highest BCUT2D eigenvalue weighted by Crippen LogP contribution is 2.55. The van der Waals surface area contributed by atoms with Gasteiger partial charge < -0.3 is 14.4 Å². The number of barbiturate groups is 1. The zero-order valence-electron chi connectivity index (χ0n) is 25.7. The molecule has 0 aromatic carbocycles. The lowest BCUT2D eigenvalue weighted by Crippen LogP contribution is -2.62. The minimum atomic E-state index is -1.30. The summed E-state index contributed by atoms with van der Waals surface area (Å²) in [4.78, 5) is 70.7. The van der Waals surface area contributed by atoms with Gasteiger partial charge in [-0.05, 0) is 63.3 Å². The van der Waals surface area contributed by atoms with Gasteiger partial charge in [-0.25, -0.2) is 14.5 Å². The van der Waals surface area contributed by atoms with Crippen molar-refractivity contribution in [1.82, 2.24) is 19.6 Å². The lowest BCUT2D eigenvalue weighted by molar-refractivity contribution is -0.145. The van der Waals surface area contributed by atoms with Gasteiger partial charge >= 0.3 is 12.1 Å². The first-order chi connectivity index (χ1) is 19.3. The number of hydrogen-bond acceptors (Lipinski definition) is 7. The van der Waals surface area contributed by atoms with Gasteiger partial charge in [0.1, 0.15) is 18.7 Å². The van der Waals surface area contributed by atoms with E-state index < -0.39 is 31.5 Å². The molecule has 0 radical (unpaired) electrons. The first-order valence-electron chi connectivity index (χ1n) is 15.2. The first-order valence-corrected chi connectivity index (χ1v) is 18.9. The van der Waals surface area contributed by atoms with Crippen molar-refractivity contribution in [3.8, 4) is 0 Å². The van der Waals surface area contributed by atoms with Crippen molar-refractivity contribution in [2.75, 3.05) is 33.6 Å². The third kappa shape index (κ3) is 6.24. The molecule has 2 aliphatic carbocycles. The second kappa shape index (κ2) is 12.1. The molecule has 2 heterocycles. The Bertz CT molecular complexity index is 1050. The molecule has 2 saturated heterocycles. The monoisotopic (exact) mass is 592 g/mol. The minimum absolute atomic E-state index is 0.0132. The SMILES string of the molecule is CCCCN1C(=O)CC(=O)N(C2CCC3(CC2)CC(N2C(=O)N(COCC[Si](C)(C)C)C(=O)[C@@]2(C)COC)C3)C1=O. The number of carbonyl (C=O) groups is 5. The van der Waals surface area contributed by atoms with Crippen molar-refractivity contribution in [2.45, 2.75) is 115 Å². The normalized spacial score (nSPS) is 31.1. The fourth-order valence-corrected chi connectivity index (χ4v) is 7.75. The van der Waals surface area contributed by atoms with E-state index in [2.05, 4.69) is 19.6 Å². The molecule has 41 heavy (non-hydrogen) atoms. The first kappa shape index (κ1) is 31.6. The highest BCUT2D eigenvalue weighted by atomic mass is 28.3. The summed E-state index contributed by atoms with van der Waals surface area (Å²) < 4.78 is 11.2. The van der Waals surface area contributed by atoms with Gasteiger partial charge in [0.15, 0.2) is 0 Å². The van der Waals surface area contributed by atoms with Crippen LogP contribution in [-0.2, 0) is 23.9 Å². The standard InChI is InChI=1S/C29H48N4O7Si/c1-7-8-13-30-23(34)16-24(35)32(26(30)37)21-9-11-29(12-10-21)17-22(18-29)33-27(38)31(20-40-14-15-41(4,5)6)25(36)28(33,2)19-39-3/h21-22H,7-20H2,1-6H3/t21?,22?,28-,29?/m1/s1. The second-order valence-electron chi connectivity index (χ2n) is 13.9. The van der Waals surface area contributed by atoms with E-state index in [1.54, 1.807) is 11.8 Å². The maximum Gasteiger partial charge on any atom is 0.333 e. The van der Waals surface area contributed by atoms with Gasteiger partial charge in [0.25, 0.3) is 5.91 Å². The molecule has 0 bridgehead atoms. The summed E-state index contributed by atoms with van der Waals surface area (Å²) in [6.45, 7) is 11.5. The Balaban J connectivity index is 1.37. The molecule has 2 aliphatic heterocycles. The van der Waals surface area contributed by atoms with Crippen LogP contribution >= 0.6 is 0 Å². The molecular formula is C29H48N4O7Si. The molecule has 1 atom stereocenters. The third-order valence-electron chi connectivity index (χ3n) is 9.44. The van der Waals surface area contributed by atoms with Gasteiger partial charge in [-0.2, -0.15) is 0 Å². The van der Waals surface area contributed by atoms with E-state index in [0.29, 0.717) is 26.0 Å². The van der Waals surface area contributed by atoms with Crippen LogP contribution in [0.4, 0.5) is 9.59 Å². The van der Waals surface area contributed by atoms with Crippen LogP contribution in [0.1, 0.15) is 71.6 Å². The number of unbranched alkanes of at least 4 members (excludes halogenated alkanes) is 1. The van der Waals surface area contributed by atoms with Crippen molar-refractivity contribution < 1.29 is 33.4 Å². The molecule has 4 aliphatic rings. The summed E-state index contributed by atoms with van der Waals surface area (Å²) >= 11 is 0. The smallest absolute Gasteiger partial charge is 0.333 e. The molecule has 7 amide bonds. The number of ether oxygens (including phenoxy) is 2. The average Bonchev–Trinajstić information content (AvgIpc) is 3.05. The Hall–Kier alpha value is -2.31. The summed E-state index contributed by atoms with van der Waals surface area (Å²) in [5.74, 6) is -1.09. The molecule has 12 heteroatoms. The second-order valence-corrected chi connectivity index (χ2v) is 19.5. The maximum absolute atomic E-state index is 13.6. The highest BCUT2D eigenvalue weighted by Gasteiger charge is 2.61. The molecule has 230 valence electrons. The predicted molar refractivity (Wildman–Crippen MR) is 155 cm³/mol. The Morgan fingerprint density at radius 2 is 1.59 bits per heavy atom. The van der Waals surface area contributed by atoms with Gasteiger partial charge in [-0.1, -0.05) is 33.0 Å². The Kier molecular flexibility index (Phi) is 9.35. The van der Waals surface area contributed by atoms with Crippen molar-refractivity contribution >= 4 is 37.9 Å². The summed E-state index contributed by atoms with van der Waals surface area (Å²) in [6, 6.07) is -0.144. The van der Waals surface area contributed by atoms with Gasteiger partial charge in [0, 0.05) is 40.4 Å². The number of rotatable bonds is 12. The van der Waals surface area contributed by atoms with Crippen molar-refractivity contribution in [3.05, 3.63) is 0 Å². The summed E-state index contributed by atoms with van der Waals surface area (Å²) in [7, 11) is 0.242. The molecule has 11 nitrogen and oxygen atoms in total. The molecule has 4 rings (SSSR count). The average molecular weight is 593 g/mol. The van der Waals surface area contributed by atoms with Crippen molar-refractivity contribution in [3.63, 3.8) is 0 Å². The van der Waals surface area contributed by atoms with Crippen LogP contribution in [0.2, 0.25) is 25.7 Å². The number of methoxy groups -OCH3 is 1. The van der Waals surface area contributed by atoms with Crippen LogP contribution < -0.4 is 0 Å². The van der Waals surface area contributed by atoms with E-state index in [1.807, 2.05) is 6.92 Å². The molecule has 2 saturated carbocycles. The van der Waals surface area contributed by atoms with Crippen LogP contribution in [0, 0.1) is 5.41 Å². The Labute approximate surface area is 244 Å². The maximum atomic E-state index is 13.6. The third-order valence-corrected chi connectivity index (χ3v) is 11.1. The van der Waals surface area contributed by atoms with Gasteiger partial charge in [-0.15, -0.1) is 0 Å². The fourth-order valence-electron chi connectivity index (χ4n) is 6.99. The van der Waals surface area contributed by atoms with Gasteiger partial charge in [-0.3, -0.25) is 24.2 Å². The fraction of sp³-hybridized carbons (Fsp3) is 0.828. The molecule has 0 aromatic heterocycles. The van der Waals surface area contributed by atoms with E-state index in [1.165, 1.54) is 21.8 Å². The molecule has 0 aromatic rings.